The van der Waals surface area contributed by atoms with Gasteiger partial charge in [-0.3, -0.25) is 0 Å². The van der Waals surface area contributed by atoms with Crippen molar-refractivity contribution in [3.63, 3.8) is 0 Å². The van der Waals surface area contributed by atoms with E-state index < -0.39 is 12.1 Å². The molecule has 0 radical (unpaired) electrons. The first-order valence-electron chi connectivity index (χ1n) is 9.72. The Morgan fingerprint density at radius 1 is 0.870 bits per heavy atom. The molecule has 0 spiro atoms. The molecule has 0 saturated heterocycles. The van der Waals surface area contributed by atoms with Crippen LogP contribution >= 0.6 is 0 Å². The van der Waals surface area contributed by atoms with Crippen molar-refractivity contribution in [3.05, 3.63) is 12.2 Å². The molecule has 136 valence electrons. The fraction of sp³-hybridized carbons (Fsp3) is 0.850. The van der Waals surface area contributed by atoms with Crippen LogP contribution in [0.15, 0.2) is 12.2 Å². The minimum atomic E-state index is -0.938. The summed E-state index contributed by atoms with van der Waals surface area (Å²) < 4.78 is 4.78. The SMILES string of the molecule is CCCCCCCC/C=C\CCCCCCC(O)C(=O)OCC. The van der Waals surface area contributed by atoms with Gasteiger partial charge in [0.25, 0.3) is 0 Å². The van der Waals surface area contributed by atoms with Crippen molar-refractivity contribution in [2.75, 3.05) is 6.61 Å². The number of allylic oxidation sites excluding steroid dienone is 2. The van der Waals surface area contributed by atoms with E-state index in [4.69, 9.17) is 4.74 Å². The molecular weight excluding hydrogens is 288 g/mol. The van der Waals surface area contributed by atoms with Crippen LogP contribution in [0, 0.1) is 0 Å². The molecule has 1 atom stereocenters. The van der Waals surface area contributed by atoms with Gasteiger partial charge >= 0.3 is 5.97 Å². The van der Waals surface area contributed by atoms with Crippen molar-refractivity contribution < 1.29 is 14.6 Å². The van der Waals surface area contributed by atoms with Crippen LogP contribution in [-0.2, 0) is 9.53 Å². The summed E-state index contributed by atoms with van der Waals surface area (Å²) in [6.07, 6.45) is 19.1. The van der Waals surface area contributed by atoms with E-state index in [9.17, 15) is 9.90 Å². The fourth-order valence-electron chi connectivity index (χ4n) is 2.59. The van der Waals surface area contributed by atoms with Crippen LogP contribution in [-0.4, -0.2) is 23.8 Å². The van der Waals surface area contributed by atoms with Crippen LogP contribution in [0.2, 0.25) is 0 Å². The summed E-state index contributed by atoms with van der Waals surface area (Å²) in [4.78, 5) is 11.2. The van der Waals surface area contributed by atoms with E-state index in [1.54, 1.807) is 6.92 Å². The average molecular weight is 327 g/mol. The number of rotatable bonds is 16. The third-order valence-electron chi connectivity index (χ3n) is 4.05. The smallest absolute Gasteiger partial charge is 0.334 e. The Kier molecular flexibility index (Phi) is 16.9. The molecule has 0 aromatic heterocycles. The minimum Gasteiger partial charge on any atom is -0.464 e. The Bertz CT molecular complexity index is 287. The number of ether oxygens (including phenoxy) is 1. The molecule has 0 amide bonds. The van der Waals surface area contributed by atoms with Gasteiger partial charge in [0, 0.05) is 0 Å². The van der Waals surface area contributed by atoms with Gasteiger partial charge in [-0.05, 0) is 39.0 Å². The molecule has 0 aliphatic heterocycles. The monoisotopic (exact) mass is 326 g/mol. The summed E-state index contributed by atoms with van der Waals surface area (Å²) in [6, 6.07) is 0. The predicted molar refractivity (Wildman–Crippen MR) is 97.5 cm³/mol. The summed E-state index contributed by atoms with van der Waals surface area (Å²) in [5.41, 5.74) is 0. The van der Waals surface area contributed by atoms with Crippen LogP contribution in [0.5, 0.6) is 0 Å². The molecule has 0 bridgehead atoms. The highest BCUT2D eigenvalue weighted by Crippen LogP contribution is 2.10. The summed E-state index contributed by atoms with van der Waals surface area (Å²) in [7, 11) is 0. The van der Waals surface area contributed by atoms with Crippen LogP contribution in [0.4, 0.5) is 0 Å². The largest absolute Gasteiger partial charge is 0.464 e. The number of esters is 1. The van der Waals surface area contributed by atoms with Gasteiger partial charge in [0.2, 0.25) is 0 Å². The highest BCUT2D eigenvalue weighted by atomic mass is 16.5. The van der Waals surface area contributed by atoms with Gasteiger partial charge in [-0.15, -0.1) is 0 Å². The quantitative estimate of drug-likeness (QED) is 0.229. The third-order valence-corrected chi connectivity index (χ3v) is 4.05. The molecule has 0 aliphatic rings. The number of aliphatic hydroxyl groups is 1. The molecule has 0 heterocycles. The number of aliphatic hydroxyl groups excluding tert-OH is 1. The van der Waals surface area contributed by atoms with Crippen LogP contribution in [0.3, 0.4) is 0 Å². The molecule has 0 aliphatic carbocycles. The lowest BCUT2D eigenvalue weighted by molar-refractivity contribution is -0.153. The van der Waals surface area contributed by atoms with Crippen molar-refractivity contribution in [2.45, 2.75) is 103 Å². The lowest BCUT2D eigenvalue weighted by Gasteiger charge is -2.08. The Balaban J connectivity index is 3.26. The number of unbranched alkanes of at least 4 members (excludes halogenated alkanes) is 10. The molecule has 3 heteroatoms. The lowest BCUT2D eigenvalue weighted by atomic mass is 10.1. The van der Waals surface area contributed by atoms with Crippen molar-refractivity contribution in [2.24, 2.45) is 0 Å². The van der Waals surface area contributed by atoms with Crippen LogP contribution < -0.4 is 0 Å². The van der Waals surface area contributed by atoms with E-state index in [1.807, 2.05) is 0 Å². The predicted octanol–water partition coefficient (Wildman–Crippen LogP) is 5.56. The molecule has 1 N–H and O–H groups in total. The zero-order chi connectivity index (χ0) is 17.2. The molecule has 1 unspecified atom stereocenters. The van der Waals surface area contributed by atoms with Crippen molar-refractivity contribution in [1.82, 2.24) is 0 Å². The zero-order valence-corrected chi connectivity index (χ0v) is 15.4. The van der Waals surface area contributed by atoms with Gasteiger partial charge in [-0.1, -0.05) is 70.4 Å². The lowest BCUT2D eigenvalue weighted by Crippen LogP contribution is -2.22. The standard InChI is InChI=1S/C20H38O3/c1-3-5-6-7-8-9-10-11-12-13-14-15-16-17-18-19(21)20(22)23-4-2/h11-12,19,21H,3-10,13-18H2,1-2H3/b12-11-. The maximum absolute atomic E-state index is 11.2. The first kappa shape index (κ1) is 22.2. The summed E-state index contributed by atoms with van der Waals surface area (Å²) in [6.45, 7) is 4.34. The minimum absolute atomic E-state index is 0.334. The average Bonchev–Trinajstić information content (AvgIpc) is 2.55. The van der Waals surface area contributed by atoms with E-state index in [-0.39, 0.29) is 0 Å². The second-order valence-electron chi connectivity index (χ2n) is 6.29. The number of carbonyl (C=O) groups is 1. The van der Waals surface area contributed by atoms with Gasteiger partial charge in [-0.25, -0.2) is 4.79 Å². The van der Waals surface area contributed by atoms with Gasteiger partial charge in [0.15, 0.2) is 6.10 Å². The number of carbonyl (C=O) groups excluding carboxylic acids is 1. The second-order valence-corrected chi connectivity index (χ2v) is 6.29. The fourth-order valence-corrected chi connectivity index (χ4v) is 2.59. The summed E-state index contributed by atoms with van der Waals surface area (Å²) in [5.74, 6) is -0.481. The maximum atomic E-state index is 11.2. The highest BCUT2D eigenvalue weighted by Gasteiger charge is 2.14. The normalized spacial score (nSPS) is 12.7. The first-order valence-corrected chi connectivity index (χ1v) is 9.72. The van der Waals surface area contributed by atoms with Crippen molar-refractivity contribution >= 4 is 5.97 Å². The molecular formula is C20H38O3. The Hall–Kier alpha value is -0.830. The van der Waals surface area contributed by atoms with Crippen molar-refractivity contribution in [1.29, 1.82) is 0 Å². The van der Waals surface area contributed by atoms with Gasteiger partial charge in [0.05, 0.1) is 6.61 Å². The summed E-state index contributed by atoms with van der Waals surface area (Å²) >= 11 is 0. The molecule has 0 rings (SSSR count). The van der Waals surface area contributed by atoms with E-state index in [1.165, 1.54) is 51.4 Å². The topological polar surface area (TPSA) is 46.5 Å². The molecule has 0 fully saturated rings. The summed E-state index contributed by atoms with van der Waals surface area (Å²) in [5, 5.41) is 9.55. The zero-order valence-electron chi connectivity index (χ0n) is 15.4. The maximum Gasteiger partial charge on any atom is 0.334 e. The molecule has 3 nitrogen and oxygen atoms in total. The van der Waals surface area contributed by atoms with Crippen molar-refractivity contribution in [3.8, 4) is 0 Å². The second kappa shape index (κ2) is 17.5. The van der Waals surface area contributed by atoms with Crippen LogP contribution in [0.1, 0.15) is 97.3 Å². The van der Waals surface area contributed by atoms with Crippen LogP contribution in [0.25, 0.3) is 0 Å². The molecule has 23 heavy (non-hydrogen) atoms. The molecule has 0 aromatic rings. The van der Waals surface area contributed by atoms with E-state index >= 15 is 0 Å². The van der Waals surface area contributed by atoms with Gasteiger partial charge < -0.3 is 9.84 Å². The Labute approximate surface area is 143 Å². The van der Waals surface area contributed by atoms with Gasteiger partial charge in [-0.2, -0.15) is 0 Å². The molecule has 0 saturated carbocycles. The number of hydrogen-bond donors (Lipinski definition) is 1. The van der Waals surface area contributed by atoms with E-state index in [2.05, 4.69) is 19.1 Å². The molecule has 0 aromatic carbocycles. The van der Waals surface area contributed by atoms with E-state index in [0.29, 0.717) is 13.0 Å². The van der Waals surface area contributed by atoms with E-state index in [0.717, 1.165) is 25.7 Å². The Morgan fingerprint density at radius 2 is 1.39 bits per heavy atom. The third kappa shape index (κ3) is 15.8. The highest BCUT2D eigenvalue weighted by molar-refractivity contribution is 5.74. The first-order chi connectivity index (χ1) is 11.2. The Morgan fingerprint density at radius 3 is 1.96 bits per heavy atom. The van der Waals surface area contributed by atoms with Gasteiger partial charge in [0.1, 0.15) is 0 Å². The number of hydrogen-bond acceptors (Lipinski definition) is 3.